The van der Waals surface area contributed by atoms with E-state index in [-0.39, 0.29) is 18.2 Å². The third-order valence-electron chi connectivity index (χ3n) is 5.06. The molecule has 2 aliphatic heterocycles. The smallest absolute Gasteiger partial charge is 0.306 e. The molecule has 2 heterocycles. The Morgan fingerprint density at radius 1 is 1.20 bits per heavy atom. The molecule has 4 heteroatoms. The zero-order chi connectivity index (χ0) is 13.9. The molecule has 0 amide bonds. The summed E-state index contributed by atoms with van der Waals surface area (Å²) < 4.78 is 11.1. The first-order valence-electron chi connectivity index (χ1n) is 7.94. The van der Waals surface area contributed by atoms with Crippen LogP contribution in [0.1, 0.15) is 38.5 Å². The van der Waals surface area contributed by atoms with Gasteiger partial charge in [0.15, 0.2) is 0 Å². The summed E-state index contributed by atoms with van der Waals surface area (Å²) in [6.07, 6.45) is 10.7. The second-order valence-corrected chi connectivity index (χ2v) is 6.53. The SMILES string of the molecule is NCC1CCC(COC(=O)CC2CC3C=CC2O3)CC1. The summed E-state index contributed by atoms with van der Waals surface area (Å²) in [5.74, 6) is 1.49. The fraction of sp³-hybridized carbons (Fsp3) is 0.812. The van der Waals surface area contributed by atoms with Crippen LogP contribution in [-0.2, 0) is 14.3 Å². The number of hydrogen-bond donors (Lipinski definition) is 1. The lowest BCUT2D eigenvalue weighted by molar-refractivity contribution is -0.146. The molecule has 4 nitrogen and oxygen atoms in total. The van der Waals surface area contributed by atoms with E-state index in [1.807, 2.05) is 0 Å². The van der Waals surface area contributed by atoms with E-state index in [0.29, 0.717) is 30.8 Å². The zero-order valence-electron chi connectivity index (χ0n) is 12.0. The maximum absolute atomic E-state index is 11.9. The van der Waals surface area contributed by atoms with Crippen LogP contribution in [0.2, 0.25) is 0 Å². The van der Waals surface area contributed by atoms with Crippen molar-refractivity contribution in [1.82, 2.24) is 0 Å². The Hall–Kier alpha value is -0.870. The van der Waals surface area contributed by atoms with Gasteiger partial charge >= 0.3 is 5.97 Å². The lowest BCUT2D eigenvalue weighted by atomic mass is 9.82. The van der Waals surface area contributed by atoms with Crippen molar-refractivity contribution in [1.29, 1.82) is 0 Å². The van der Waals surface area contributed by atoms with Crippen molar-refractivity contribution < 1.29 is 14.3 Å². The third-order valence-corrected chi connectivity index (χ3v) is 5.06. The monoisotopic (exact) mass is 279 g/mol. The van der Waals surface area contributed by atoms with Crippen LogP contribution < -0.4 is 5.73 Å². The largest absolute Gasteiger partial charge is 0.465 e. The van der Waals surface area contributed by atoms with Crippen LogP contribution in [0.3, 0.4) is 0 Å². The molecule has 1 saturated heterocycles. The number of nitrogens with two attached hydrogens (primary N) is 1. The van der Waals surface area contributed by atoms with Crippen molar-refractivity contribution in [2.75, 3.05) is 13.2 Å². The Labute approximate surface area is 120 Å². The van der Waals surface area contributed by atoms with Crippen molar-refractivity contribution in [2.45, 2.75) is 50.7 Å². The molecule has 20 heavy (non-hydrogen) atoms. The molecule has 1 saturated carbocycles. The maximum Gasteiger partial charge on any atom is 0.306 e. The van der Waals surface area contributed by atoms with Gasteiger partial charge in [0.2, 0.25) is 0 Å². The number of hydrogen-bond acceptors (Lipinski definition) is 4. The van der Waals surface area contributed by atoms with Gasteiger partial charge in [-0.15, -0.1) is 0 Å². The number of esters is 1. The van der Waals surface area contributed by atoms with E-state index in [4.69, 9.17) is 15.2 Å². The molecule has 3 atom stereocenters. The standard InChI is InChI=1S/C16H25NO3/c17-9-11-1-3-12(4-2-11)10-19-16(18)8-13-7-14-5-6-15(13)20-14/h5-6,11-15H,1-4,7-10,17H2. The lowest BCUT2D eigenvalue weighted by Gasteiger charge is -2.27. The summed E-state index contributed by atoms with van der Waals surface area (Å²) in [7, 11) is 0. The van der Waals surface area contributed by atoms with E-state index in [1.165, 1.54) is 12.8 Å². The number of ether oxygens (including phenoxy) is 2. The fourth-order valence-corrected chi connectivity index (χ4v) is 3.68. The summed E-state index contributed by atoms with van der Waals surface area (Å²) in [6, 6.07) is 0. The maximum atomic E-state index is 11.9. The number of carbonyl (C=O) groups excluding carboxylic acids is 1. The molecule has 3 unspecified atom stereocenters. The molecular formula is C16H25NO3. The summed E-state index contributed by atoms with van der Waals surface area (Å²) in [6.45, 7) is 1.39. The molecule has 0 aromatic heterocycles. The van der Waals surface area contributed by atoms with Crippen molar-refractivity contribution in [2.24, 2.45) is 23.5 Å². The van der Waals surface area contributed by atoms with Gasteiger partial charge in [-0.2, -0.15) is 0 Å². The normalized spacial score (nSPS) is 39.1. The number of fused-ring (bicyclic) bond motifs is 2. The Morgan fingerprint density at radius 3 is 2.55 bits per heavy atom. The van der Waals surface area contributed by atoms with Crippen molar-refractivity contribution >= 4 is 5.97 Å². The zero-order valence-corrected chi connectivity index (χ0v) is 12.0. The minimum absolute atomic E-state index is 0.0551. The van der Waals surface area contributed by atoms with Gasteiger partial charge in [0, 0.05) is 5.92 Å². The first-order valence-corrected chi connectivity index (χ1v) is 7.94. The van der Waals surface area contributed by atoms with Gasteiger partial charge in [-0.25, -0.2) is 0 Å². The molecule has 1 aliphatic carbocycles. The third kappa shape index (κ3) is 3.23. The molecule has 112 valence electrons. The van der Waals surface area contributed by atoms with Crippen molar-refractivity contribution in [3.63, 3.8) is 0 Å². The van der Waals surface area contributed by atoms with Crippen LogP contribution in [0.15, 0.2) is 12.2 Å². The highest BCUT2D eigenvalue weighted by atomic mass is 16.5. The van der Waals surface area contributed by atoms with Crippen LogP contribution >= 0.6 is 0 Å². The molecule has 0 aromatic rings. The highest BCUT2D eigenvalue weighted by molar-refractivity contribution is 5.70. The van der Waals surface area contributed by atoms with Gasteiger partial charge in [0.25, 0.3) is 0 Å². The van der Waals surface area contributed by atoms with E-state index in [1.54, 1.807) is 0 Å². The van der Waals surface area contributed by atoms with Gasteiger partial charge in [0.1, 0.15) is 0 Å². The van der Waals surface area contributed by atoms with Crippen LogP contribution in [0.5, 0.6) is 0 Å². The van der Waals surface area contributed by atoms with Crippen LogP contribution in [0, 0.1) is 17.8 Å². The van der Waals surface area contributed by atoms with E-state index < -0.39 is 0 Å². The highest BCUT2D eigenvalue weighted by Gasteiger charge is 2.38. The predicted octanol–water partition coefficient (Wildman–Crippen LogP) is 2.03. The quantitative estimate of drug-likeness (QED) is 0.618. The topological polar surface area (TPSA) is 61.5 Å². The van der Waals surface area contributed by atoms with E-state index in [2.05, 4.69) is 12.2 Å². The van der Waals surface area contributed by atoms with Gasteiger partial charge in [-0.3, -0.25) is 4.79 Å². The second kappa shape index (κ2) is 6.27. The van der Waals surface area contributed by atoms with Crippen LogP contribution in [-0.4, -0.2) is 31.3 Å². The number of rotatable bonds is 5. The first kappa shape index (κ1) is 14.1. The fourth-order valence-electron chi connectivity index (χ4n) is 3.68. The Bertz CT molecular complexity index is 374. The molecule has 2 bridgehead atoms. The Morgan fingerprint density at radius 2 is 1.95 bits per heavy atom. The van der Waals surface area contributed by atoms with Gasteiger partial charge in [-0.05, 0) is 50.5 Å². The van der Waals surface area contributed by atoms with Crippen LogP contribution in [0.4, 0.5) is 0 Å². The molecule has 0 aromatic carbocycles. The summed E-state index contributed by atoms with van der Waals surface area (Å²) in [5, 5.41) is 0. The average molecular weight is 279 g/mol. The van der Waals surface area contributed by atoms with Gasteiger partial charge in [-0.1, -0.05) is 12.2 Å². The summed E-state index contributed by atoms with van der Waals surface area (Å²) in [4.78, 5) is 11.9. The van der Waals surface area contributed by atoms with Gasteiger partial charge in [0.05, 0.1) is 25.2 Å². The van der Waals surface area contributed by atoms with Crippen LogP contribution in [0.25, 0.3) is 0 Å². The van der Waals surface area contributed by atoms with E-state index in [9.17, 15) is 4.79 Å². The van der Waals surface area contributed by atoms with E-state index in [0.717, 1.165) is 25.8 Å². The Kier molecular flexibility index (Phi) is 4.41. The molecule has 3 aliphatic rings. The van der Waals surface area contributed by atoms with Gasteiger partial charge < -0.3 is 15.2 Å². The molecule has 2 N–H and O–H groups in total. The predicted molar refractivity (Wildman–Crippen MR) is 76.0 cm³/mol. The molecule has 0 spiro atoms. The molecule has 0 radical (unpaired) electrons. The van der Waals surface area contributed by atoms with E-state index >= 15 is 0 Å². The average Bonchev–Trinajstić information content (AvgIpc) is 3.08. The van der Waals surface area contributed by atoms with Crippen molar-refractivity contribution in [3.05, 3.63) is 12.2 Å². The Balaban J connectivity index is 1.34. The lowest BCUT2D eigenvalue weighted by Crippen LogP contribution is -2.25. The first-order chi connectivity index (χ1) is 9.74. The number of carbonyl (C=O) groups is 1. The second-order valence-electron chi connectivity index (χ2n) is 6.53. The highest BCUT2D eigenvalue weighted by Crippen LogP contribution is 2.36. The summed E-state index contributed by atoms with van der Waals surface area (Å²) >= 11 is 0. The minimum Gasteiger partial charge on any atom is -0.465 e. The summed E-state index contributed by atoms with van der Waals surface area (Å²) in [5.41, 5.74) is 5.69. The molecule has 3 rings (SSSR count). The minimum atomic E-state index is -0.0551. The van der Waals surface area contributed by atoms with Crippen molar-refractivity contribution in [3.8, 4) is 0 Å². The molecule has 2 fully saturated rings. The molecular weight excluding hydrogens is 254 g/mol.